The van der Waals surface area contributed by atoms with Gasteiger partial charge in [-0.25, -0.2) is 17.2 Å². The number of hydrogen-bond acceptors (Lipinski definition) is 3. The molecule has 0 bridgehead atoms. The highest BCUT2D eigenvalue weighted by Crippen LogP contribution is 2.22. The SMILES string of the molecule is CC(c1ccc(F)c(F)c1)N(C)C(=O)c1ccc(CS(C)(=O)=O)cc1. The van der Waals surface area contributed by atoms with Gasteiger partial charge in [0.1, 0.15) is 0 Å². The van der Waals surface area contributed by atoms with Crippen molar-refractivity contribution in [3.8, 4) is 0 Å². The predicted octanol–water partition coefficient (Wildman–Crippen LogP) is 3.34. The summed E-state index contributed by atoms with van der Waals surface area (Å²) in [7, 11) is -1.58. The highest BCUT2D eigenvalue weighted by molar-refractivity contribution is 7.89. The third kappa shape index (κ3) is 4.85. The summed E-state index contributed by atoms with van der Waals surface area (Å²) in [5, 5.41) is 0. The first-order valence-electron chi connectivity index (χ1n) is 7.57. The van der Waals surface area contributed by atoms with E-state index in [2.05, 4.69) is 0 Å². The van der Waals surface area contributed by atoms with Crippen LogP contribution in [0.5, 0.6) is 0 Å². The fourth-order valence-corrected chi connectivity index (χ4v) is 3.22. The van der Waals surface area contributed by atoms with Crippen molar-refractivity contribution >= 4 is 15.7 Å². The highest BCUT2D eigenvalue weighted by atomic mass is 32.2. The first kappa shape index (κ1) is 19.1. The maximum atomic E-state index is 13.4. The van der Waals surface area contributed by atoms with Crippen LogP contribution in [-0.4, -0.2) is 32.5 Å². The van der Waals surface area contributed by atoms with E-state index in [1.807, 2.05) is 0 Å². The number of carbonyl (C=O) groups excluding carboxylic acids is 1. The molecule has 0 radical (unpaired) electrons. The molecule has 1 unspecified atom stereocenters. The van der Waals surface area contributed by atoms with Crippen LogP contribution in [0.4, 0.5) is 8.78 Å². The lowest BCUT2D eigenvalue weighted by Crippen LogP contribution is -2.29. The molecule has 0 heterocycles. The summed E-state index contributed by atoms with van der Waals surface area (Å²) in [5.41, 5.74) is 1.45. The fourth-order valence-electron chi connectivity index (χ4n) is 2.42. The number of hydrogen-bond donors (Lipinski definition) is 0. The maximum Gasteiger partial charge on any atom is 0.254 e. The van der Waals surface area contributed by atoms with Crippen molar-refractivity contribution in [3.05, 3.63) is 70.8 Å². The van der Waals surface area contributed by atoms with Crippen molar-refractivity contribution in [1.29, 1.82) is 0 Å². The van der Waals surface area contributed by atoms with E-state index in [-0.39, 0.29) is 11.7 Å². The van der Waals surface area contributed by atoms with Crippen molar-refractivity contribution in [2.75, 3.05) is 13.3 Å². The van der Waals surface area contributed by atoms with E-state index in [4.69, 9.17) is 0 Å². The van der Waals surface area contributed by atoms with Crippen LogP contribution < -0.4 is 0 Å². The summed E-state index contributed by atoms with van der Waals surface area (Å²) in [6.45, 7) is 1.71. The van der Waals surface area contributed by atoms with Crippen LogP contribution >= 0.6 is 0 Å². The summed E-state index contributed by atoms with van der Waals surface area (Å²) in [5.74, 6) is -2.30. The van der Waals surface area contributed by atoms with Gasteiger partial charge in [-0.1, -0.05) is 18.2 Å². The molecule has 0 aliphatic rings. The predicted molar refractivity (Wildman–Crippen MR) is 91.9 cm³/mol. The van der Waals surface area contributed by atoms with Gasteiger partial charge in [0.25, 0.3) is 5.91 Å². The van der Waals surface area contributed by atoms with Crippen LogP contribution in [0.3, 0.4) is 0 Å². The summed E-state index contributed by atoms with van der Waals surface area (Å²) < 4.78 is 49.0. The van der Waals surface area contributed by atoms with Crippen LogP contribution in [-0.2, 0) is 15.6 Å². The molecule has 2 aromatic rings. The molecule has 2 rings (SSSR count). The zero-order chi connectivity index (χ0) is 18.8. The Bertz CT molecular complexity index is 880. The molecular weight excluding hydrogens is 348 g/mol. The standard InChI is InChI=1S/C18H19F2NO3S/c1-12(15-8-9-16(19)17(20)10-15)21(2)18(22)14-6-4-13(5-7-14)11-25(3,23)24/h4-10,12H,11H2,1-3H3. The molecule has 25 heavy (non-hydrogen) atoms. The average Bonchev–Trinajstić information content (AvgIpc) is 2.54. The average molecular weight is 367 g/mol. The van der Waals surface area contributed by atoms with E-state index in [0.29, 0.717) is 16.7 Å². The molecule has 1 atom stereocenters. The van der Waals surface area contributed by atoms with Gasteiger partial charge in [-0.15, -0.1) is 0 Å². The molecule has 0 fully saturated rings. The number of benzene rings is 2. The lowest BCUT2D eigenvalue weighted by Gasteiger charge is -2.25. The van der Waals surface area contributed by atoms with Gasteiger partial charge in [-0.2, -0.15) is 0 Å². The first-order valence-corrected chi connectivity index (χ1v) is 9.63. The Morgan fingerprint density at radius 3 is 2.20 bits per heavy atom. The van der Waals surface area contributed by atoms with E-state index in [1.54, 1.807) is 38.2 Å². The van der Waals surface area contributed by atoms with Crippen LogP contribution in [0.1, 0.15) is 34.5 Å². The normalized spacial score (nSPS) is 12.7. The first-order chi connectivity index (χ1) is 11.6. The Kier molecular flexibility index (Phi) is 5.57. The monoisotopic (exact) mass is 367 g/mol. The van der Waals surface area contributed by atoms with E-state index >= 15 is 0 Å². The van der Waals surface area contributed by atoms with Crippen LogP contribution in [0.25, 0.3) is 0 Å². The van der Waals surface area contributed by atoms with Gasteiger partial charge in [0.15, 0.2) is 21.5 Å². The Labute approximate surface area is 146 Å². The van der Waals surface area contributed by atoms with Gasteiger partial charge in [0.05, 0.1) is 11.8 Å². The molecule has 1 amide bonds. The summed E-state index contributed by atoms with van der Waals surface area (Å²) in [6, 6.07) is 9.35. The van der Waals surface area contributed by atoms with Crippen molar-refractivity contribution in [2.45, 2.75) is 18.7 Å². The molecule has 0 aliphatic carbocycles. The number of carbonyl (C=O) groups is 1. The van der Waals surface area contributed by atoms with Gasteiger partial charge >= 0.3 is 0 Å². The number of nitrogens with zero attached hydrogens (tertiary/aromatic N) is 1. The Morgan fingerprint density at radius 2 is 1.68 bits per heavy atom. The Balaban J connectivity index is 2.17. The molecule has 7 heteroatoms. The summed E-state index contributed by atoms with van der Waals surface area (Å²) in [4.78, 5) is 14.0. The Hall–Kier alpha value is -2.28. The second-order valence-electron chi connectivity index (χ2n) is 6.03. The van der Waals surface area contributed by atoms with Gasteiger partial charge < -0.3 is 4.90 Å². The third-order valence-electron chi connectivity index (χ3n) is 3.96. The third-order valence-corrected chi connectivity index (χ3v) is 4.81. The van der Waals surface area contributed by atoms with Crippen LogP contribution in [0, 0.1) is 11.6 Å². The zero-order valence-electron chi connectivity index (χ0n) is 14.2. The molecule has 4 nitrogen and oxygen atoms in total. The van der Waals surface area contributed by atoms with Crippen molar-refractivity contribution < 1.29 is 22.0 Å². The van der Waals surface area contributed by atoms with Crippen molar-refractivity contribution in [1.82, 2.24) is 4.90 Å². The molecule has 0 spiro atoms. The molecular formula is C18H19F2NO3S. The molecule has 134 valence electrons. The minimum absolute atomic E-state index is 0.0947. The minimum Gasteiger partial charge on any atom is -0.335 e. The zero-order valence-corrected chi connectivity index (χ0v) is 15.0. The number of sulfone groups is 1. The van der Waals surface area contributed by atoms with E-state index in [0.717, 1.165) is 18.4 Å². The molecule has 0 saturated heterocycles. The number of rotatable bonds is 5. The van der Waals surface area contributed by atoms with E-state index in [9.17, 15) is 22.0 Å². The smallest absolute Gasteiger partial charge is 0.254 e. The lowest BCUT2D eigenvalue weighted by atomic mass is 10.1. The Morgan fingerprint density at radius 1 is 1.08 bits per heavy atom. The van der Waals surface area contributed by atoms with Gasteiger partial charge in [0, 0.05) is 18.9 Å². The van der Waals surface area contributed by atoms with Gasteiger partial charge in [0.2, 0.25) is 0 Å². The molecule has 0 aliphatic heterocycles. The highest BCUT2D eigenvalue weighted by Gasteiger charge is 2.20. The van der Waals surface area contributed by atoms with Crippen molar-refractivity contribution in [3.63, 3.8) is 0 Å². The quantitative estimate of drug-likeness (QED) is 0.814. The molecule has 0 aromatic heterocycles. The summed E-state index contributed by atoms with van der Waals surface area (Å²) in [6.07, 6.45) is 1.14. The number of amides is 1. The number of halogens is 2. The van der Waals surface area contributed by atoms with Gasteiger partial charge in [-0.05, 0) is 42.3 Å². The van der Waals surface area contributed by atoms with E-state index in [1.165, 1.54) is 11.0 Å². The topological polar surface area (TPSA) is 54.5 Å². The molecule has 2 aromatic carbocycles. The molecule has 0 N–H and O–H groups in total. The molecule has 0 saturated carbocycles. The minimum atomic E-state index is -3.15. The lowest BCUT2D eigenvalue weighted by molar-refractivity contribution is 0.0742. The fraction of sp³-hybridized carbons (Fsp3) is 0.278. The summed E-state index contributed by atoms with van der Waals surface area (Å²) >= 11 is 0. The van der Waals surface area contributed by atoms with Crippen molar-refractivity contribution in [2.24, 2.45) is 0 Å². The second-order valence-corrected chi connectivity index (χ2v) is 8.17. The maximum absolute atomic E-state index is 13.4. The van der Waals surface area contributed by atoms with Gasteiger partial charge in [-0.3, -0.25) is 4.79 Å². The second kappa shape index (κ2) is 7.31. The van der Waals surface area contributed by atoms with Crippen LogP contribution in [0.15, 0.2) is 42.5 Å². The largest absolute Gasteiger partial charge is 0.335 e. The van der Waals surface area contributed by atoms with Crippen LogP contribution in [0.2, 0.25) is 0 Å². The van der Waals surface area contributed by atoms with E-state index < -0.39 is 27.5 Å².